The zero-order valence-corrected chi connectivity index (χ0v) is 9.78. The highest BCUT2D eigenvalue weighted by Gasteiger charge is 2.31. The third-order valence-electron chi connectivity index (χ3n) is 3.30. The lowest BCUT2D eigenvalue weighted by Gasteiger charge is -2.35. The van der Waals surface area contributed by atoms with Crippen molar-refractivity contribution >= 4 is 0 Å². The Morgan fingerprint density at radius 3 is 3.25 bits per heavy atom. The maximum Gasteiger partial charge on any atom is 0.180 e. The van der Waals surface area contributed by atoms with Crippen LogP contribution in [0.3, 0.4) is 0 Å². The summed E-state index contributed by atoms with van der Waals surface area (Å²) in [6.45, 7) is 3.48. The fourth-order valence-corrected chi connectivity index (χ4v) is 2.54. The van der Waals surface area contributed by atoms with Gasteiger partial charge in [0.05, 0.1) is 18.3 Å². The molecule has 0 saturated heterocycles. The van der Waals surface area contributed by atoms with Gasteiger partial charge in [0.15, 0.2) is 6.39 Å². The maximum atomic E-state index is 10.4. The molecule has 2 unspecified atom stereocenters. The van der Waals surface area contributed by atoms with Gasteiger partial charge in [0.1, 0.15) is 5.76 Å². The van der Waals surface area contributed by atoms with Crippen LogP contribution in [0.15, 0.2) is 17.0 Å². The van der Waals surface area contributed by atoms with E-state index in [1.54, 1.807) is 6.20 Å². The molecule has 1 aromatic heterocycles. The summed E-state index contributed by atoms with van der Waals surface area (Å²) in [6, 6.07) is 0. The molecule has 0 aromatic carbocycles. The molecule has 1 aromatic rings. The first-order valence-electron chi connectivity index (χ1n) is 5.98. The van der Waals surface area contributed by atoms with Crippen LogP contribution in [-0.4, -0.2) is 22.2 Å². The van der Waals surface area contributed by atoms with Crippen LogP contribution in [0, 0.1) is 5.92 Å². The summed E-state index contributed by atoms with van der Waals surface area (Å²) in [5.41, 5.74) is -0.530. The van der Waals surface area contributed by atoms with Crippen molar-refractivity contribution in [2.45, 2.75) is 44.8 Å². The summed E-state index contributed by atoms with van der Waals surface area (Å²) in [7, 11) is 0. The van der Waals surface area contributed by atoms with E-state index in [1.165, 1.54) is 12.8 Å². The highest BCUT2D eigenvalue weighted by Crippen LogP contribution is 2.31. The van der Waals surface area contributed by atoms with Crippen LogP contribution in [0.5, 0.6) is 0 Å². The van der Waals surface area contributed by atoms with Crippen LogP contribution >= 0.6 is 0 Å². The maximum absolute atomic E-state index is 10.4. The molecule has 90 valence electrons. The normalized spacial score (nSPS) is 30.5. The largest absolute Gasteiger partial charge is 0.447 e. The molecule has 16 heavy (non-hydrogen) atoms. The lowest BCUT2D eigenvalue weighted by atomic mass is 9.79. The number of oxazole rings is 1. The number of aliphatic hydroxyl groups is 1. The molecule has 2 rings (SSSR count). The van der Waals surface area contributed by atoms with Crippen molar-refractivity contribution in [2.75, 3.05) is 6.54 Å². The second kappa shape index (κ2) is 4.97. The summed E-state index contributed by atoms with van der Waals surface area (Å²) in [6.07, 6.45) is 7.29. The minimum absolute atomic E-state index is 0.530. The minimum atomic E-state index is -0.530. The highest BCUT2D eigenvalue weighted by molar-refractivity contribution is 4.90. The fraction of sp³-hybridized carbons (Fsp3) is 0.750. The molecule has 2 atom stereocenters. The molecule has 0 spiro atoms. The summed E-state index contributed by atoms with van der Waals surface area (Å²) in [5.74, 6) is 1.44. The molecule has 2 N–H and O–H groups in total. The molecule has 4 heteroatoms. The molecule has 1 heterocycles. The van der Waals surface area contributed by atoms with E-state index in [0.717, 1.165) is 25.0 Å². The first-order chi connectivity index (χ1) is 7.68. The second-order valence-electron chi connectivity index (χ2n) is 5.00. The Labute approximate surface area is 96.1 Å². The van der Waals surface area contributed by atoms with Gasteiger partial charge in [-0.15, -0.1) is 0 Å². The number of rotatable bonds is 4. The molecule has 0 amide bonds. The number of nitrogens with zero attached hydrogens (tertiary/aromatic N) is 1. The smallest absolute Gasteiger partial charge is 0.180 e. The van der Waals surface area contributed by atoms with Gasteiger partial charge in [0.2, 0.25) is 0 Å². The Hall–Kier alpha value is -0.870. The zero-order valence-electron chi connectivity index (χ0n) is 9.78. The van der Waals surface area contributed by atoms with E-state index in [0.29, 0.717) is 19.0 Å². The average Bonchev–Trinajstić information content (AvgIpc) is 2.69. The number of hydrogen-bond donors (Lipinski definition) is 2. The summed E-state index contributed by atoms with van der Waals surface area (Å²) in [5, 5.41) is 13.6. The lowest BCUT2D eigenvalue weighted by molar-refractivity contribution is -0.0121. The first kappa shape index (κ1) is 11.6. The van der Waals surface area contributed by atoms with E-state index in [4.69, 9.17) is 4.42 Å². The minimum Gasteiger partial charge on any atom is -0.447 e. The van der Waals surface area contributed by atoms with Crippen molar-refractivity contribution in [1.82, 2.24) is 10.3 Å². The quantitative estimate of drug-likeness (QED) is 0.817. The third kappa shape index (κ3) is 3.06. The van der Waals surface area contributed by atoms with Crippen molar-refractivity contribution in [2.24, 2.45) is 5.92 Å². The molecular formula is C12H20N2O2. The van der Waals surface area contributed by atoms with E-state index >= 15 is 0 Å². The van der Waals surface area contributed by atoms with E-state index < -0.39 is 5.60 Å². The Balaban J connectivity index is 1.76. The fourth-order valence-electron chi connectivity index (χ4n) is 2.54. The van der Waals surface area contributed by atoms with Crippen molar-refractivity contribution in [3.8, 4) is 0 Å². The second-order valence-corrected chi connectivity index (χ2v) is 5.00. The lowest BCUT2D eigenvalue weighted by Crippen LogP contribution is -2.43. The molecule has 1 fully saturated rings. The first-order valence-corrected chi connectivity index (χ1v) is 5.98. The Bertz CT molecular complexity index is 313. The van der Waals surface area contributed by atoms with Gasteiger partial charge in [-0.1, -0.05) is 19.8 Å². The molecular weight excluding hydrogens is 204 g/mol. The molecule has 1 aliphatic carbocycles. The summed E-state index contributed by atoms with van der Waals surface area (Å²) < 4.78 is 5.12. The van der Waals surface area contributed by atoms with Gasteiger partial charge in [-0.2, -0.15) is 0 Å². The summed E-state index contributed by atoms with van der Waals surface area (Å²) in [4.78, 5) is 3.85. The van der Waals surface area contributed by atoms with Gasteiger partial charge in [-0.05, 0) is 18.8 Å². The van der Waals surface area contributed by atoms with E-state index in [-0.39, 0.29) is 0 Å². The zero-order chi connectivity index (χ0) is 11.4. The molecule has 4 nitrogen and oxygen atoms in total. The van der Waals surface area contributed by atoms with Crippen LogP contribution < -0.4 is 5.32 Å². The summed E-state index contributed by atoms with van der Waals surface area (Å²) >= 11 is 0. The molecule has 0 radical (unpaired) electrons. The van der Waals surface area contributed by atoms with Crippen LogP contribution in [0.25, 0.3) is 0 Å². The van der Waals surface area contributed by atoms with Gasteiger partial charge in [-0.3, -0.25) is 0 Å². The van der Waals surface area contributed by atoms with Crippen molar-refractivity contribution in [3.05, 3.63) is 18.4 Å². The predicted octanol–water partition coefficient (Wildman–Crippen LogP) is 1.71. The number of nitrogens with one attached hydrogen (secondary N) is 1. The van der Waals surface area contributed by atoms with Crippen LogP contribution in [-0.2, 0) is 6.54 Å². The van der Waals surface area contributed by atoms with Crippen molar-refractivity contribution in [1.29, 1.82) is 0 Å². The Kier molecular flexibility index (Phi) is 3.61. The van der Waals surface area contributed by atoms with Crippen molar-refractivity contribution < 1.29 is 9.52 Å². The van der Waals surface area contributed by atoms with Crippen LogP contribution in [0.4, 0.5) is 0 Å². The van der Waals surface area contributed by atoms with Gasteiger partial charge in [0, 0.05) is 6.54 Å². The number of aromatic nitrogens is 1. The molecule has 1 saturated carbocycles. The monoisotopic (exact) mass is 224 g/mol. The highest BCUT2D eigenvalue weighted by atomic mass is 16.3. The van der Waals surface area contributed by atoms with Gasteiger partial charge < -0.3 is 14.8 Å². The van der Waals surface area contributed by atoms with Gasteiger partial charge >= 0.3 is 0 Å². The standard InChI is InChI=1S/C12H20N2O2/c1-10-3-2-4-12(15,5-10)8-13-6-11-7-14-9-16-11/h7,9-10,13,15H,2-6,8H2,1H3. The van der Waals surface area contributed by atoms with Crippen molar-refractivity contribution in [3.63, 3.8) is 0 Å². The SMILES string of the molecule is CC1CCCC(O)(CNCc2cnco2)C1. The molecule has 0 bridgehead atoms. The Morgan fingerprint density at radius 1 is 1.69 bits per heavy atom. The Morgan fingerprint density at radius 2 is 2.56 bits per heavy atom. The van der Waals surface area contributed by atoms with E-state index in [9.17, 15) is 5.11 Å². The van der Waals surface area contributed by atoms with Crippen LogP contribution in [0.2, 0.25) is 0 Å². The van der Waals surface area contributed by atoms with Gasteiger partial charge in [-0.25, -0.2) is 4.98 Å². The number of hydrogen-bond acceptors (Lipinski definition) is 4. The molecule has 1 aliphatic rings. The van der Waals surface area contributed by atoms with E-state index in [2.05, 4.69) is 17.2 Å². The van der Waals surface area contributed by atoms with Crippen LogP contribution in [0.1, 0.15) is 38.4 Å². The average molecular weight is 224 g/mol. The third-order valence-corrected chi connectivity index (χ3v) is 3.30. The van der Waals surface area contributed by atoms with E-state index in [1.807, 2.05) is 0 Å². The predicted molar refractivity (Wildman–Crippen MR) is 60.8 cm³/mol. The topological polar surface area (TPSA) is 58.3 Å². The van der Waals surface area contributed by atoms with Gasteiger partial charge in [0.25, 0.3) is 0 Å². The molecule has 0 aliphatic heterocycles.